The topological polar surface area (TPSA) is 39.7 Å². The summed E-state index contributed by atoms with van der Waals surface area (Å²) < 4.78 is 53.1. The summed E-state index contributed by atoms with van der Waals surface area (Å²) in [6.45, 7) is 5.53. The maximum atomic E-state index is 12.5. The Morgan fingerprint density at radius 3 is 2.41 bits per heavy atom. The Bertz CT molecular complexity index is 793. The molecule has 146 valence electrons. The molecule has 1 unspecified atom stereocenters. The first kappa shape index (κ1) is 19.4. The minimum atomic E-state index is -4.72. The number of nitrogens with one attached hydrogen (secondary N) is 1. The standard InChI is InChI=1S/C20H22F3NO3/c1-3-25-17-11-13-8-9-24-19(16(13)12-18(17)26-4-2)14-6-5-7-15(10-14)27-20(21,22)23/h5-7,10-12,19,24H,3-4,8-9H2,1-2H3. The van der Waals surface area contributed by atoms with Gasteiger partial charge >= 0.3 is 6.36 Å². The van der Waals surface area contributed by atoms with Gasteiger partial charge in [0.05, 0.1) is 19.3 Å². The highest BCUT2D eigenvalue weighted by molar-refractivity contribution is 5.52. The van der Waals surface area contributed by atoms with E-state index in [1.165, 1.54) is 12.1 Å². The lowest BCUT2D eigenvalue weighted by Crippen LogP contribution is -2.30. The van der Waals surface area contributed by atoms with Crippen LogP contribution >= 0.6 is 0 Å². The molecule has 1 atom stereocenters. The van der Waals surface area contributed by atoms with Gasteiger partial charge in [0, 0.05) is 6.54 Å². The molecule has 0 saturated heterocycles. The molecular formula is C20H22F3NO3. The van der Waals surface area contributed by atoms with Crippen LogP contribution in [0.5, 0.6) is 17.2 Å². The van der Waals surface area contributed by atoms with Gasteiger partial charge < -0.3 is 19.5 Å². The molecule has 27 heavy (non-hydrogen) atoms. The quantitative estimate of drug-likeness (QED) is 0.793. The monoisotopic (exact) mass is 381 g/mol. The molecule has 1 aliphatic heterocycles. The van der Waals surface area contributed by atoms with Crippen LogP contribution in [0.3, 0.4) is 0 Å². The molecule has 1 heterocycles. The van der Waals surface area contributed by atoms with E-state index in [-0.39, 0.29) is 11.8 Å². The Morgan fingerprint density at radius 2 is 1.74 bits per heavy atom. The van der Waals surface area contributed by atoms with E-state index in [1.807, 2.05) is 26.0 Å². The molecule has 0 amide bonds. The second-order valence-corrected chi connectivity index (χ2v) is 6.12. The summed E-state index contributed by atoms with van der Waals surface area (Å²) in [5, 5.41) is 3.37. The molecule has 7 heteroatoms. The molecule has 0 bridgehead atoms. The van der Waals surface area contributed by atoms with E-state index < -0.39 is 6.36 Å². The van der Waals surface area contributed by atoms with Crippen LogP contribution in [0.1, 0.15) is 36.6 Å². The Balaban J connectivity index is 1.98. The fourth-order valence-electron chi connectivity index (χ4n) is 3.29. The van der Waals surface area contributed by atoms with Crippen LogP contribution in [0.25, 0.3) is 0 Å². The molecule has 0 radical (unpaired) electrons. The highest BCUT2D eigenvalue weighted by Crippen LogP contribution is 2.38. The molecule has 0 aromatic heterocycles. The lowest BCUT2D eigenvalue weighted by Gasteiger charge is -2.29. The predicted molar refractivity (Wildman–Crippen MR) is 95.5 cm³/mol. The summed E-state index contributed by atoms with van der Waals surface area (Å²) in [7, 11) is 0. The van der Waals surface area contributed by atoms with Crippen molar-refractivity contribution in [1.82, 2.24) is 5.32 Å². The van der Waals surface area contributed by atoms with Crippen molar-refractivity contribution in [2.75, 3.05) is 19.8 Å². The summed E-state index contributed by atoms with van der Waals surface area (Å²) in [4.78, 5) is 0. The molecule has 3 rings (SSSR count). The van der Waals surface area contributed by atoms with Gasteiger partial charge in [0.25, 0.3) is 0 Å². The number of rotatable bonds is 6. The van der Waals surface area contributed by atoms with E-state index in [0.717, 1.165) is 17.5 Å². The zero-order valence-electron chi connectivity index (χ0n) is 15.2. The van der Waals surface area contributed by atoms with Crippen molar-refractivity contribution in [3.05, 3.63) is 53.1 Å². The molecule has 0 aliphatic carbocycles. The number of halogens is 3. The Labute approximate surface area is 156 Å². The van der Waals surface area contributed by atoms with Crippen molar-refractivity contribution in [3.63, 3.8) is 0 Å². The number of alkyl halides is 3. The minimum Gasteiger partial charge on any atom is -0.490 e. The second kappa shape index (κ2) is 8.08. The lowest BCUT2D eigenvalue weighted by molar-refractivity contribution is -0.274. The van der Waals surface area contributed by atoms with Crippen molar-refractivity contribution in [2.45, 2.75) is 32.7 Å². The first-order chi connectivity index (χ1) is 12.9. The fraction of sp³-hybridized carbons (Fsp3) is 0.400. The average Bonchev–Trinajstić information content (AvgIpc) is 2.61. The largest absolute Gasteiger partial charge is 0.573 e. The van der Waals surface area contributed by atoms with E-state index in [9.17, 15) is 13.2 Å². The van der Waals surface area contributed by atoms with Gasteiger partial charge in [0.15, 0.2) is 11.5 Å². The molecule has 0 spiro atoms. The van der Waals surface area contributed by atoms with Crippen LogP contribution in [0.15, 0.2) is 36.4 Å². The Morgan fingerprint density at radius 1 is 1.04 bits per heavy atom. The molecule has 1 N–H and O–H groups in total. The summed E-state index contributed by atoms with van der Waals surface area (Å²) in [6, 6.07) is 9.69. The van der Waals surface area contributed by atoms with Crippen LogP contribution < -0.4 is 19.5 Å². The third-order valence-corrected chi connectivity index (χ3v) is 4.28. The van der Waals surface area contributed by atoms with Gasteiger partial charge in [-0.25, -0.2) is 0 Å². The highest BCUT2D eigenvalue weighted by Gasteiger charge is 2.31. The van der Waals surface area contributed by atoms with Crippen LogP contribution in [-0.4, -0.2) is 26.1 Å². The first-order valence-corrected chi connectivity index (χ1v) is 8.92. The maximum Gasteiger partial charge on any atom is 0.573 e. The van der Waals surface area contributed by atoms with Gasteiger partial charge in [-0.3, -0.25) is 0 Å². The SMILES string of the molecule is CCOc1cc2c(cc1OCC)C(c1cccc(OC(F)(F)F)c1)NCC2. The molecule has 4 nitrogen and oxygen atoms in total. The average molecular weight is 381 g/mol. The third-order valence-electron chi connectivity index (χ3n) is 4.28. The number of fused-ring (bicyclic) bond motifs is 1. The van der Waals surface area contributed by atoms with Gasteiger partial charge in [-0.05, 0) is 61.2 Å². The van der Waals surface area contributed by atoms with Gasteiger partial charge in [-0.2, -0.15) is 0 Å². The maximum absolute atomic E-state index is 12.5. The summed E-state index contributed by atoms with van der Waals surface area (Å²) >= 11 is 0. The van der Waals surface area contributed by atoms with Crippen LogP contribution in [0.4, 0.5) is 13.2 Å². The molecule has 2 aromatic rings. The number of ether oxygens (including phenoxy) is 3. The van der Waals surface area contributed by atoms with Crippen molar-refractivity contribution in [1.29, 1.82) is 0 Å². The second-order valence-electron chi connectivity index (χ2n) is 6.12. The number of benzene rings is 2. The summed E-state index contributed by atoms with van der Waals surface area (Å²) in [5.74, 6) is 1.09. The lowest BCUT2D eigenvalue weighted by atomic mass is 9.89. The smallest absolute Gasteiger partial charge is 0.490 e. The van der Waals surface area contributed by atoms with E-state index in [1.54, 1.807) is 12.1 Å². The molecule has 2 aromatic carbocycles. The molecular weight excluding hydrogens is 359 g/mol. The first-order valence-electron chi connectivity index (χ1n) is 8.92. The normalized spacial score (nSPS) is 16.6. The number of hydrogen-bond donors (Lipinski definition) is 1. The molecule has 0 fully saturated rings. The van der Waals surface area contributed by atoms with Crippen molar-refractivity contribution < 1.29 is 27.4 Å². The predicted octanol–water partition coefficient (Wildman–Crippen LogP) is 4.62. The van der Waals surface area contributed by atoms with Gasteiger partial charge in [0.1, 0.15) is 5.75 Å². The fourth-order valence-corrected chi connectivity index (χ4v) is 3.29. The van der Waals surface area contributed by atoms with E-state index in [0.29, 0.717) is 36.8 Å². The van der Waals surface area contributed by atoms with Crippen LogP contribution in [0.2, 0.25) is 0 Å². The molecule has 1 aliphatic rings. The van der Waals surface area contributed by atoms with Gasteiger partial charge in [-0.1, -0.05) is 12.1 Å². The van der Waals surface area contributed by atoms with Crippen molar-refractivity contribution in [2.24, 2.45) is 0 Å². The highest BCUT2D eigenvalue weighted by atomic mass is 19.4. The van der Waals surface area contributed by atoms with Crippen molar-refractivity contribution >= 4 is 0 Å². The Kier molecular flexibility index (Phi) is 5.79. The van der Waals surface area contributed by atoms with E-state index in [2.05, 4.69) is 10.1 Å². The summed E-state index contributed by atoms with van der Waals surface area (Å²) in [6.07, 6.45) is -3.91. The number of hydrogen-bond acceptors (Lipinski definition) is 4. The van der Waals surface area contributed by atoms with Crippen LogP contribution in [0, 0.1) is 0 Å². The van der Waals surface area contributed by atoms with Crippen molar-refractivity contribution in [3.8, 4) is 17.2 Å². The zero-order chi connectivity index (χ0) is 19.4. The van der Waals surface area contributed by atoms with E-state index in [4.69, 9.17) is 9.47 Å². The third kappa shape index (κ3) is 4.66. The zero-order valence-corrected chi connectivity index (χ0v) is 15.2. The van der Waals surface area contributed by atoms with Gasteiger partial charge in [0.2, 0.25) is 0 Å². The summed E-state index contributed by atoms with van der Waals surface area (Å²) in [5.41, 5.74) is 2.76. The molecule has 0 saturated carbocycles. The Hall–Kier alpha value is -2.41. The minimum absolute atomic E-state index is 0.232. The van der Waals surface area contributed by atoms with Crippen LogP contribution in [-0.2, 0) is 6.42 Å². The van der Waals surface area contributed by atoms with E-state index >= 15 is 0 Å². The van der Waals surface area contributed by atoms with Gasteiger partial charge in [-0.15, -0.1) is 13.2 Å².